The minimum absolute atomic E-state index is 0.0693. The van der Waals surface area contributed by atoms with Crippen molar-refractivity contribution in [2.45, 2.75) is 19.3 Å². The summed E-state index contributed by atoms with van der Waals surface area (Å²) in [6, 6.07) is 62.4. The minimum Gasteiger partial charge on any atom is -0.310 e. The molecule has 9 aromatic rings. The summed E-state index contributed by atoms with van der Waals surface area (Å²) in [5, 5.41) is 7.53. The van der Waals surface area contributed by atoms with Gasteiger partial charge in [-0.1, -0.05) is 135 Å². The predicted molar refractivity (Wildman–Crippen MR) is 208 cm³/mol. The van der Waals surface area contributed by atoms with E-state index in [1.54, 1.807) is 0 Å². The first-order valence-electron chi connectivity index (χ1n) is 17.1. The van der Waals surface area contributed by atoms with E-state index in [9.17, 15) is 0 Å². The van der Waals surface area contributed by atoms with E-state index in [1.165, 1.54) is 77.0 Å². The van der Waals surface area contributed by atoms with Crippen LogP contribution in [0.3, 0.4) is 0 Å². The zero-order chi connectivity index (χ0) is 32.7. The monoisotopic (exact) mass is 626 g/mol. The Morgan fingerprint density at radius 2 is 1.10 bits per heavy atom. The smallest absolute Gasteiger partial charge is 0.0582 e. The quantitative estimate of drug-likeness (QED) is 0.189. The summed E-state index contributed by atoms with van der Waals surface area (Å²) in [5.74, 6) is 0. The molecule has 0 bridgehead atoms. The summed E-state index contributed by atoms with van der Waals surface area (Å²) in [4.78, 5) is 2.39. The SMILES string of the molecule is CC1(C)c2ccccc2-n2c3ccc(-c4ccc(N(c5ccc6ccccc6c5)c5cccc6ccccc56)cc4)cc3c3cccc1c32. The van der Waals surface area contributed by atoms with E-state index in [4.69, 9.17) is 0 Å². The van der Waals surface area contributed by atoms with Crippen LogP contribution in [0.1, 0.15) is 25.0 Å². The van der Waals surface area contributed by atoms with Crippen molar-refractivity contribution in [2.75, 3.05) is 4.90 Å². The van der Waals surface area contributed by atoms with Crippen molar-refractivity contribution in [2.24, 2.45) is 0 Å². The Morgan fingerprint density at radius 1 is 0.449 bits per heavy atom. The van der Waals surface area contributed by atoms with Gasteiger partial charge in [0.25, 0.3) is 0 Å². The van der Waals surface area contributed by atoms with Crippen molar-refractivity contribution >= 4 is 60.4 Å². The van der Waals surface area contributed by atoms with Gasteiger partial charge in [-0.05, 0) is 86.9 Å². The molecule has 2 heteroatoms. The largest absolute Gasteiger partial charge is 0.310 e. The van der Waals surface area contributed by atoms with Gasteiger partial charge in [0.2, 0.25) is 0 Å². The minimum atomic E-state index is -0.0693. The molecule has 0 radical (unpaired) electrons. The predicted octanol–water partition coefficient (Wildman–Crippen LogP) is 12.9. The Kier molecular flexibility index (Phi) is 5.95. The van der Waals surface area contributed by atoms with Gasteiger partial charge < -0.3 is 9.47 Å². The standard InChI is InChI=1S/C47H34N2/c1-47(2)41-17-7-8-19-45(41)49-44-28-24-35(30-40(44)39-16-10-18-42(47)46(39)49)32-21-25-36(26-22-32)48(37-27-23-31-11-3-4-13-34(31)29-37)43-20-9-14-33-12-5-6-15-38(33)43/h3-30H,1-2H3. The maximum Gasteiger partial charge on any atom is 0.0582 e. The molecule has 8 aromatic carbocycles. The van der Waals surface area contributed by atoms with Crippen LogP contribution in [0.4, 0.5) is 17.1 Å². The summed E-state index contributed by atoms with van der Waals surface area (Å²) in [7, 11) is 0. The van der Waals surface area contributed by atoms with Gasteiger partial charge in [-0.2, -0.15) is 0 Å². The van der Waals surface area contributed by atoms with Gasteiger partial charge in [0.1, 0.15) is 0 Å². The lowest BCUT2D eigenvalue weighted by Crippen LogP contribution is -2.26. The lowest BCUT2D eigenvalue weighted by atomic mass is 9.75. The zero-order valence-corrected chi connectivity index (χ0v) is 27.6. The van der Waals surface area contributed by atoms with Crippen molar-refractivity contribution < 1.29 is 0 Å². The maximum absolute atomic E-state index is 2.49. The zero-order valence-electron chi connectivity index (χ0n) is 27.6. The van der Waals surface area contributed by atoms with E-state index in [0.717, 1.165) is 11.4 Å². The highest BCUT2D eigenvalue weighted by atomic mass is 15.1. The molecule has 2 nitrogen and oxygen atoms in total. The number of nitrogens with zero attached hydrogens (tertiary/aromatic N) is 2. The van der Waals surface area contributed by atoms with Crippen LogP contribution >= 0.6 is 0 Å². The van der Waals surface area contributed by atoms with Gasteiger partial charge in [-0.25, -0.2) is 0 Å². The van der Waals surface area contributed by atoms with Crippen molar-refractivity contribution in [1.82, 2.24) is 4.57 Å². The molecule has 0 saturated carbocycles. The summed E-state index contributed by atoms with van der Waals surface area (Å²) in [6.45, 7) is 4.71. The van der Waals surface area contributed by atoms with E-state index in [1.807, 2.05) is 0 Å². The Morgan fingerprint density at radius 3 is 1.98 bits per heavy atom. The molecule has 0 saturated heterocycles. The highest BCUT2D eigenvalue weighted by molar-refractivity contribution is 6.12. The molecule has 1 aliphatic heterocycles. The highest BCUT2D eigenvalue weighted by Gasteiger charge is 2.34. The highest BCUT2D eigenvalue weighted by Crippen LogP contribution is 2.48. The van der Waals surface area contributed by atoms with Crippen molar-refractivity contribution in [3.8, 4) is 16.8 Å². The third-order valence-electron chi connectivity index (χ3n) is 10.7. The second-order valence-corrected chi connectivity index (χ2v) is 13.8. The Labute approximate surface area is 286 Å². The first-order valence-corrected chi connectivity index (χ1v) is 17.1. The second-order valence-electron chi connectivity index (χ2n) is 13.8. The van der Waals surface area contributed by atoms with Crippen LogP contribution in [0.15, 0.2) is 170 Å². The lowest BCUT2D eigenvalue weighted by molar-refractivity contribution is 0.630. The Hall–Kier alpha value is -6.12. The van der Waals surface area contributed by atoms with Gasteiger partial charge in [0.05, 0.1) is 22.4 Å². The summed E-state index contributed by atoms with van der Waals surface area (Å²) >= 11 is 0. The number of benzene rings is 8. The molecule has 0 atom stereocenters. The van der Waals surface area contributed by atoms with Gasteiger partial charge >= 0.3 is 0 Å². The normalized spacial score (nSPS) is 13.3. The topological polar surface area (TPSA) is 8.17 Å². The van der Waals surface area contributed by atoms with E-state index in [-0.39, 0.29) is 5.41 Å². The van der Waals surface area contributed by atoms with Crippen LogP contribution in [-0.2, 0) is 5.41 Å². The number of fused-ring (bicyclic) bond motifs is 7. The Balaban J connectivity index is 1.12. The van der Waals surface area contributed by atoms with Crippen LogP contribution in [0.5, 0.6) is 0 Å². The number of anilines is 3. The summed E-state index contributed by atoms with van der Waals surface area (Å²) in [6.07, 6.45) is 0. The molecule has 10 rings (SSSR count). The number of para-hydroxylation sites is 2. The molecule has 49 heavy (non-hydrogen) atoms. The molecule has 232 valence electrons. The first kappa shape index (κ1) is 27.9. The molecule has 0 N–H and O–H groups in total. The van der Waals surface area contributed by atoms with E-state index in [0.29, 0.717) is 0 Å². The van der Waals surface area contributed by atoms with Crippen LogP contribution in [0.2, 0.25) is 0 Å². The van der Waals surface area contributed by atoms with Crippen LogP contribution in [0, 0.1) is 0 Å². The fourth-order valence-electron chi connectivity index (χ4n) is 8.29. The fraction of sp³-hybridized carbons (Fsp3) is 0.0638. The Bertz CT molecular complexity index is 2740. The van der Waals surface area contributed by atoms with E-state index in [2.05, 4.69) is 193 Å². The molecule has 0 spiro atoms. The molecular formula is C47H34N2. The van der Waals surface area contributed by atoms with Crippen molar-refractivity contribution in [1.29, 1.82) is 0 Å². The van der Waals surface area contributed by atoms with Crippen LogP contribution in [-0.4, -0.2) is 4.57 Å². The van der Waals surface area contributed by atoms with Crippen LogP contribution in [0.25, 0.3) is 60.2 Å². The first-order chi connectivity index (χ1) is 24.1. The van der Waals surface area contributed by atoms with Crippen molar-refractivity contribution in [3.05, 3.63) is 181 Å². The summed E-state index contributed by atoms with van der Waals surface area (Å²) < 4.78 is 2.49. The van der Waals surface area contributed by atoms with Gasteiger partial charge in [-0.3, -0.25) is 0 Å². The van der Waals surface area contributed by atoms with Gasteiger partial charge in [-0.15, -0.1) is 0 Å². The maximum atomic E-state index is 2.49. The average molecular weight is 627 g/mol. The van der Waals surface area contributed by atoms with E-state index >= 15 is 0 Å². The van der Waals surface area contributed by atoms with Crippen molar-refractivity contribution in [3.63, 3.8) is 0 Å². The molecular weight excluding hydrogens is 593 g/mol. The van der Waals surface area contributed by atoms with E-state index < -0.39 is 0 Å². The average Bonchev–Trinajstić information content (AvgIpc) is 3.49. The molecule has 1 aliphatic rings. The number of aromatic nitrogens is 1. The number of rotatable bonds is 4. The number of hydrogen-bond donors (Lipinski definition) is 0. The molecule has 0 amide bonds. The molecule has 0 aliphatic carbocycles. The third-order valence-corrected chi connectivity index (χ3v) is 10.7. The molecule has 1 aromatic heterocycles. The molecule has 0 unspecified atom stereocenters. The number of hydrogen-bond acceptors (Lipinski definition) is 1. The lowest BCUT2D eigenvalue weighted by Gasteiger charge is -2.34. The van der Waals surface area contributed by atoms with Crippen LogP contribution < -0.4 is 4.90 Å². The fourth-order valence-corrected chi connectivity index (χ4v) is 8.29. The third kappa shape index (κ3) is 4.14. The second kappa shape index (κ2) is 10.4. The summed E-state index contributed by atoms with van der Waals surface area (Å²) in [5.41, 5.74) is 12.4. The molecule has 2 heterocycles. The van der Waals surface area contributed by atoms with Gasteiger partial charge in [0.15, 0.2) is 0 Å². The molecule has 0 fully saturated rings. The van der Waals surface area contributed by atoms with Gasteiger partial charge in [0, 0.05) is 32.9 Å².